The Bertz CT molecular complexity index is 320. The summed E-state index contributed by atoms with van der Waals surface area (Å²) in [6, 6.07) is 9.06. The summed E-state index contributed by atoms with van der Waals surface area (Å²) in [6.45, 7) is 2.16. The van der Waals surface area contributed by atoms with Gasteiger partial charge < -0.3 is 0 Å². The molecule has 0 bridgehead atoms. The van der Waals surface area contributed by atoms with Gasteiger partial charge in [0.25, 0.3) is 0 Å². The first-order chi connectivity index (χ1) is 8.28. The van der Waals surface area contributed by atoms with Gasteiger partial charge in [-0.3, -0.25) is 0 Å². The van der Waals surface area contributed by atoms with Gasteiger partial charge in [-0.15, -0.1) is 9.24 Å². The third kappa shape index (κ3) is 4.11. The van der Waals surface area contributed by atoms with Crippen molar-refractivity contribution in [1.82, 2.24) is 0 Å². The maximum Gasteiger partial charge on any atom is -0.0276 e. The fourth-order valence-electron chi connectivity index (χ4n) is 2.88. The highest BCUT2D eigenvalue weighted by molar-refractivity contribution is 7.16. The van der Waals surface area contributed by atoms with Crippen molar-refractivity contribution in [2.75, 3.05) is 6.16 Å². The Labute approximate surface area is 108 Å². The molecule has 1 aromatic carbocycles. The average Bonchev–Trinajstić information content (AvgIpc) is 2.39. The molecule has 0 spiro atoms. The van der Waals surface area contributed by atoms with Crippen LogP contribution in [0, 0.1) is 18.8 Å². The normalized spacial score (nSPS) is 24.8. The molecule has 0 nitrogen and oxygen atoms in total. The van der Waals surface area contributed by atoms with E-state index < -0.39 is 0 Å². The van der Waals surface area contributed by atoms with E-state index in [9.17, 15) is 0 Å². The molecular weight excluding hydrogens is 223 g/mol. The topological polar surface area (TPSA) is 0 Å². The second kappa shape index (κ2) is 6.55. The van der Waals surface area contributed by atoms with Gasteiger partial charge in [0.15, 0.2) is 0 Å². The molecule has 0 heterocycles. The van der Waals surface area contributed by atoms with E-state index in [0.29, 0.717) is 0 Å². The lowest BCUT2D eigenvalue weighted by molar-refractivity contribution is 0.281. The molecule has 1 heteroatoms. The minimum absolute atomic E-state index is 0.990. The van der Waals surface area contributed by atoms with E-state index in [0.717, 1.165) is 11.8 Å². The van der Waals surface area contributed by atoms with Crippen molar-refractivity contribution in [3.63, 3.8) is 0 Å². The summed E-state index contributed by atoms with van der Waals surface area (Å²) in [7, 11) is 2.91. The van der Waals surface area contributed by atoms with E-state index in [1.165, 1.54) is 55.8 Å². The van der Waals surface area contributed by atoms with Crippen LogP contribution in [-0.4, -0.2) is 6.16 Å². The van der Waals surface area contributed by atoms with Gasteiger partial charge in [0, 0.05) is 0 Å². The molecule has 0 aromatic heterocycles. The number of benzene rings is 1. The molecule has 2 rings (SSSR count). The zero-order valence-corrected chi connectivity index (χ0v) is 12.1. The summed E-state index contributed by atoms with van der Waals surface area (Å²) >= 11 is 0. The van der Waals surface area contributed by atoms with Gasteiger partial charge in [0.05, 0.1) is 0 Å². The lowest BCUT2D eigenvalue weighted by Gasteiger charge is -2.27. The van der Waals surface area contributed by atoms with E-state index in [1.54, 1.807) is 0 Å². The lowest BCUT2D eigenvalue weighted by Crippen LogP contribution is -2.15. The van der Waals surface area contributed by atoms with E-state index in [1.807, 2.05) is 0 Å². The van der Waals surface area contributed by atoms with Gasteiger partial charge in [-0.1, -0.05) is 42.7 Å². The van der Waals surface area contributed by atoms with Gasteiger partial charge in [0.2, 0.25) is 0 Å². The van der Waals surface area contributed by atoms with Crippen molar-refractivity contribution in [2.24, 2.45) is 11.8 Å². The van der Waals surface area contributed by atoms with Crippen molar-refractivity contribution < 1.29 is 0 Å². The first-order valence-corrected chi connectivity index (χ1v) is 7.85. The Morgan fingerprint density at radius 3 is 2.18 bits per heavy atom. The Morgan fingerprint density at radius 2 is 1.59 bits per heavy atom. The van der Waals surface area contributed by atoms with Gasteiger partial charge in [0.1, 0.15) is 0 Å². The third-order valence-corrected chi connectivity index (χ3v) is 4.93. The van der Waals surface area contributed by atoms with Crippen molar-refractivity contribution >= 4 is 9.24 Å². The van der Waals surface area contributed by atoms with Crippen LogP contribution in [0.3, 0.4) is 0 Å². The molecule has 1 aliphatic carbocycles. The first-order valence-electron chi connectivity index (χ1n) is 7.03. The summed E-state index contributed by atoms with van der Waals surface area (Å²) in [5.41, 5.74) is 2.89. The Balaban J connectivity index is 1.74. The Kier molecular flexibility index (Phi) is 5.04. The summed E-state index contributed by atoms with van der Waals surface area (Å²) in [4.78, 5) is 0. The summed E-state index contributed by atoms with van der Waals surface area (Å²) in [6.07, 6.45) is 9.83. The van der Waals surface area contributed by atoms with Crippen LogP contribution >= 0.6 is 9.24 Å². The lowest BCUT2D eigenvalue weighted by atomic mass is 9.80. The second-order valence-corrected chi connectivity index (χ2v) is 6.12. The zero-order chi connectivity index (χ0) is 12.1. The van der Waals surface area contributed by atoms with Gasteiger partial charge in [-0.2, -0.15) is 0 Å². The fraction of sp³-hybridized carbons (Fsp3) is 0.625. The van der Waals surface area contributed by atoms with E-state index in [-0.39, 0.29) is 0 Å². The molecular formula is C16H25P. The zero-order valence-electron chi connectivity index (χ0n) is 11.0. The van der Waals surface area contributed by atoms with Crippen LogP contribution in [0.2, 0.25) is 0 Å². The van der Waals surface area contributed by atoms with Crippen molar-refractivity contribution in [1.29, 1.82) is 0 Å². The highest BCUT2D eigenvalue weighted by atomic mass is 31.0. The van der Waals surface area contributed by atoms with Crippen LogP contribution in [0.1, 0.15) is 43.2 Å². The molecule has 0 saturated heterocycles. The third-order valence-electron chi connectivity index (χ3n) is 4.26. The largest absolute Gasteiger partial charge is 0.137 e. The van der Waals surface area contributed by atoms with Gasteiger partial charge >= 0.3 is 0 Å². The molecule has 1 aromatic rings. The minimum atomic E-state index is 0.990. The Hall–Kier alpha value is -0.350. The highest BCUT2D eigenvalue weighted by Gasteiger charge is 2.19. The highest BCUT2D eigenvalue weighted by Crippen LogP contribution is 2.32. The van der Waals surface area contributed by atoms with Gasteiger partial charge in [-0.25, -0.2) is 0 Å². The van der Waals surface area contributed by atoms with Gasteiger partial charge in [-0.05, 0) is 56.2 Å². The van der Waals surface area contributed by atoms with E-state index in [2.05, 4.69) is 40.4 Å². The van der Waals surface area contributed by atoms with Crippen LogP contribution in [0.4, 0.5) is 0 Å². The molecule has 1 saturated carbocycles. The predicted octanol–water partition coefficient (Wildman–Crippen LogP) is 4.61. The quantitative estimate of drug-likeness (QED) is 0.683. The minimum Gasteiger partial charge on any atom is -0.137 e. The predicted molar refractivity (Wildman–Crippen MR) is 79.5 cm³/mol. The molecule has 1 aliphatic rings. The molecule has 1 unspecified atom stereocenters. The SMILES string of the molecule is Cc1ccc(CCC2CCC(CP)CC2)cc1. The number of aryl methyl sites for hydroxylation is 2. The monoisotopic (exact) mass is 248 g/mol. The standard InChI is InChI=1S/C16H25P/c1-13-2-4-14(5-3-13)6-7-15-8-10-16(12-17)11-9-15/h2-5,15-16H,6-12,17H2,1H3. The second-order valence-electron chi connectivity index (χ2n) is 5.65. The molecule has 1 fully saturated rings. The summed E-state index contributed by atoms with van der Waals surface area (Å²) in [5, 5.41) is 0. The number of hydrogen-bond donors (Lipinski definition) is 0. The van der Waals surface area contributed by atoms with Crippen LogP contribution in [0.25, 0.3) is 0 Å². The van der Waals surface area contributed by atoms with E-state index in [4.69, 9.17) is 0 Å². The number of rotatable bonds is 4. The van der Waals surface area contributed by atoms with Crippen LogP contribution < -0.4 is 0 Å². The van der Waals surface area contributed by atoms with E-state index >= 15 is 0 Å². The first kappa shape index (κ1) is 13.1. The molecule has 0 aliphatic heterocycles. The van der Waals surface area contributed by atoms with Crippen molar-refractivity contribution in [2.45, 2.75) is 45.4 Å². The summed E-state index contributed by atoms with van der Waals surface area (Å²) in [5.74, 6) is 1.99. The number of hydrogen-bond acceptors (Lipinski definition) is 0. The maximum atomic E-state index is 2.91. The maximum absolute atomic E-state index is 2.91. The molecule has 17 heavy (non-hydrogen) atoms. The molecule has 0 amide bonds. The smallest absolute Gasteiger partial charge is 0.0276 e. The van der Waals surface area contributed by atoms with Crippen LogP contribution in [0.5, 0.6) is 0 Å². The molecule has 1 atom stereocenters. The molecule has 94 valence electrons. The molecule has 0 radical (unpaired) electrons. The van der Waals surface area contributed by atoms with Crippen LogP contribution in [-0.2, 0) is 6.42 Å². The average molecular weight is 248 g/mol. The summed E-state index contributed by atoms with van der Waals surface area (Å²) < 4.78 is 0. The van der Waals surface area contributed by atoms with Crippen LogP contribution in [0.15, 0.2) is 24.3 Å². The fourth-order valence-corrected chi connectivity index (χ4v) is 3.35. The van der Waals surface area contributed by atoms with Crippen molar-refractivity contribution in [3.8, 4) is 0 Å². The van der Waals surface area contributed by atoms with Crippen molar-refractivity contribution in [3.05, 3.63) is 35.4 Å². The Morgan fingerprint density at radius 1 is 1.00 bits per heavy atom. The molecule has 0 N–H and O–H groups in total.